The molecule has 3 rings (SSSR count). The summed E-state index contributed by atoms with van der Waals surface area (Å²) in [5.74, 6) is -1.01. The number of hydrogen-bond acceptors (Lipinski definition) is 4. The minimum Gasteiger partial charge on any atom is -0.481 e. The molecule has 1 aromatic carbocycles. The Hall–Kier alpha value is -1.92. The lowest BCUT2D eigenvalue weighted by atomic mass is 9.95. The van der Waals surface area contributed by atoms with Gasteiger partial charge in [-0.2, -0.15) is 0 Å². The summed E-state index contributed by atoms with van der Waals surface area (Å²) in [5.41, 5.74) is 1.06. The zero-order chi connectivity index (χ0) is 17.9. The second kappa shape index (κ2) is 7.14. The van der Waals surface area contributed by atoms with E-state index >= 15 is 0 Å². The Bertz CT molecular complexity index is 881. The molecule has 1 saturated heterocycles. The number of hydrogen-bond donors (Lipinski definition) is 1. The third-order valence-corrected chi connectivity index (χ3v) is 8.56. The van der Waals surface area contributed by atoms with Crippen molar-refractivity contribution in [2.24, 2.45) is 0 Å². The molecule has 1 fully saturated rings. The van der Waals surface area contributed by atoms with Crippen LogP contribution in [-0.2, 0) is 19.4 Å². The van der Waals surface area contributed by atoms with Gasteiger partial charge in [-0.3, -0.25) is 4.79 Å². The number of carboxylic acids is 1. The number of carbonyl (C=O) groups is 1. The SMILES string of the molecule is O=C(O)C[C@]1(c2ccc(C=Cc3ccccc3)s2)CCCCS1(=O)=O. The van der Waals surface area contributed by atoms with Crippen molar-refractivity contribution in [2.75, 3.05) is 5.75 Å². The van der Waals surface area contributed by atoms with Crippen LogP contribution in [0.1, 0.15) is 41.0 Å². The highest BCUT2D eigenvalue weighted by Gasteiger charge is 2.49. The molecule has 132 valence electrons. The molecule has 1 aliphatic heterocycles. The molecule has 1 atom stereocenters. The molecule has 0 amide bonds. The third-order valence-electron chi connectivity index (χ3n) is 4.59. The van der Waals surface area contributed by atoms with Crippen LogP contribution in [0.4, 0.5) is 0 Å². The second-order valence-electron chi connectivity index (χ2n) is 6.29. The molecule has 0 unspecified atom stereocenters. The standard InChI is InChI=1S/C19H20O4S2/c20-18(21)14-19(12-4-5-13-25(19,22)23)17-11-10-16(24-17)9-8-15-6-2-1-3-7-15/h1-3,6-11H,4-5,12-14H2,(H,20,21)/t19-/m0/s1. The van der Waals surface area contributed by atoms with Crippen molar-refractivity contribution in [1.29, 1.82) is 0 Å². The lowest BCUT2D eigenvalue weighted by molar-refractivity contribution is -0.137. The maximum absolute atomic E-state index is 12.8. The summed E-state index contributed by atoms with van der Waals surface area (Å²) in [4.78, 5) is 12.9. The molecular formula is C19H20O4S2. The summed E-state index contributed by atoms with van der Waals surface area (Å²) >= 11 is 1.37. The van der Waals surface area contributed by atoms with Crippen molar-refractivity contribution in [1.82, 2.24) is 0 Å². The topological polar surface area (TPSA) is 71.4 Å². The highest BCUT2D eigenvalue weighted by Crippen LogP contribution is 2.46. The highest BCUT2D eigenvalue weighted by atomic mass is 32.2. The van der Waals surface area contributed by atoms with Crippen molar-refractivity contribution >= 4 is 39.3 Å². The van der Waals surface area contributed by atoms with Crippen molar-refractivity contribution < 1.29 is 18.3 Å². The Labute approximate surface area is 151 Å². The van der Waals surface area contributed by atoms with E-state index in [0.29, 0.717) is 17.7 Å². The number of aliphatic carboxylic acids is 1. The van der Waals surface area contributed by atoms with E-state index in [1.54, 1.807) is 6.07 Å². The fraction of sp³-hybridized carbons (Fsp3) is 0.316. The molecule has 0 bridgehead atoms. The summed E-state index contributed by atoms with van der Waals surface area (Å²) in [6.45, 7) is 0. The lowest BCUT2D eigenvalue weighted by Gasteiger charge is -2.34. The van der Waals surface area contributed by atoms with Crippen molar-refractivity contribution in [2.45, 2.75) is 30.4 Å². The van der Waals surface area contributed by atoms with E-state index in [4.69, 9.17) is 0 Å². The van der Waals surface area contributed by atoms with Crippen LogP contribution < -0.4 is 0 Å². The summed E-state index contributed by atoms with van der Waals surface area (Å²) in [7, 11) is -3.48. The van der Waals surface area contributed by atoms with E-state index in [2.05, 4.69) is 0 Å². The number of carboxylic acid groups (broad SMARTS) is 1. The zero-order valence-corrected chi connectivity index (χ0v) is 15.4. The Kier molecular flexibility index (Phi) is 5.11. The minimum absolute atomic E-state index is 0.0629. The van der Waals surface area contributed by atoms with Crippen molar-refractivity contribution in [3.8, 4) is 0 Å². The van der Waals surface area contributed by atoms with Crippen LogP contribution in [0.2, 0.25) is 0 Å². The normalized spacial score (nSPS) is 22.9. The van der Waals surface area contributed by atoms with Gasteiger partial charge in [0.25, 0.3) is 0 Å². The third kappa shape index (κ3) is 3.70. The molecule has 25 heavy (non-hydrogen) atoms. The predicted molar refractivity (Wildman–Crippen MR) is 101 cm³/mol. The van der Waals surface area contributed by atoms with Gasteiger partial charge < -0.3 is 5.11 Å². The Morgan fingerprint density at radius 2 is 1.88 bits per heavy atom. The summed E-state index contributed by atoms with van der Waals surface area (Å²) in [6, 6.07) is 13.5. The monoisotopic (exact) mass is 376 g/mol. The molecule has 0 radical (unpaired) electrons. The van der Waals surface area contributed by atoms with Crippen LogP contribution >= 0.6 is 11.3 Å². The smallest absolute Gasteiger partial charge is 0.305 e. The van der Waals surface area contributed by atoms with Gasteiger partial charge >= 0.3 is 5.97 Å². The van der Waals surface area contributed by atoms with Crippen molar-refractivity contribution in [3.63, 3.8) is 0 Å². The molecule has 1 aliphatic rings. The maximum Gasteiger partial charge on any atom is 0.305 e. The Balaban J connectivity index is 1.94. The van der Waals surface area contributed by atoms with Gasteiger partial charge in [-0.05, 0) is 36.6 Å². The summed E-state index contributed by atoms with van der Waals surface area (Å²) in [6.07, 6.45) is 5.26. The fourth-order valence-corrected chi connectivity index (χ4v) is 6.97. The molecule has 4 nitrogen and oxygen atoms in total. The number of thiophene rings is 1. The van der Waals surface area contributed by atoms with E-state index in [1.807, 2.05) is 48.6 Å². The highest BCUT2D eigenvalue weighted by molar-refractivity contribution is 7.92. The van der Waals surface area contributed by atoms with Gasteiger partial charge in [-0.25, -0.2) is 8.42 Å². The van der Waals surface area contributed by atoms with E-state index in [-0.39, 0.29) is 12.2 Å². The molecule has 0 spiro atoms. The number of benzene rings is 1. The van der Waals surface area contributed by atoms with Gasteiger partial charge in [-0.15, -0.1) is 11.3 Å². The minimum atomic E-state index is -3.48. The maximum atomic E-state index is 12.8. The van der Waals surface area contributed by atoms with Crippen LogP contribution in [0, 0.1) is 0 Å². The van der Waals surface area contributed by atoms with Gasteiger partial charge in [-0.1, -0.05) is 42.8 Å². The van der Waals surface area contributed by atoms with E-state index < -0.39 is 20.6 Å². The quantitative estimate of drug-likeness (QED) is 0.849. The van der Waals surface area contributed by atoms with Gasteiger partial charge in [0.1, 0.15) is 4.75 Å². The van der Waals surface area contributed by atoms with Gasteiger partial charge in [0, 0.05) is 9.75 Å². The number of sulfone groups is 1. The predicted octanol–water partition coefficient (Wildman–Crippen LogP) is 4.19. The van der Waals surface area contributed by atoms with E-state index in [0.717, 1.165) is 16.9 Å². The number of rotatable bonds is 5. The molecule has 2 aromatic rings. The largest absolute Gasteiger partial charge is 0.481 e. The second-order valence-corrected chi connectivity index (χ2v) is 9.82. The van der Waals surface area contributed by atoms with E-state index in [9.17, 15) is 18.3 Å². The zero-order valence-electron chi connectivity index (χ0n) is 13.7. The molecular weight excluding hydrogens is 356 g/mol. The van der Waals surface area contributed by atoms with Crippen LogP contribution in [0.25, 0.3) is 12.2 Å². The molecule has 0 saturated carbocycles. The molecule has 2 heterocycles. The van der Waals surface area contributed by atoms with E-state index in [1.165, 1.54) is 11.3 Å². The first-order valence-corrected chi connectivity index (χ1v) is 10.7. The molecule has 1 N–H and O–H groups in total. The van der Waals surface area contributed by atoms with Gasteiger partial charge in [0.2, 0.25) is 0 Å². The van der Waals surface area contributed by atoms with Crippen LogP contribution in [0.3, 0.4) is 0 Å². The first-order valence-electron chi connectivity index (χ1n) is 8.20. The van der Waals surface area contributed by atoms with Gasteiger partial charge in [0.15, 0.2) is 9.84 Å². The Morgan fingerprint density at radius 3 is 2.56 bits per heavy atom. The van der Waals surface area contributed by atoms with Crippen LogP contribution in [0.5, 0.6) is 0 Å². The molecule has 0 aliphatic carbocycles. The van der Waals surface area contributed by atoms with Crippen LogP contribution in [-0.4, -0.2) is 25.2 Å². The van der Waals surface area contributed by atoms with Gasteiger partial charge in [0.05, 0.1) is 12.2 Å². The molecule has 6 heteroatoms. The summed E-state index contributed by atoms with van der Waals surface area (Å²) in [5, 5.41) is 9.31. The first-order chi connectivity index (χ1) is 11.9. The average Bonchev–Trinajstić information content (AvgIpc) is 3.05. The average molecular weight is 376 g/mol. The molecule has 1 aromatic heterocycles. The Morgan fingerprint density at radius 1 is 1.12 bits per heavy atom. The first kappa shape index (κ1) is 17.9. The van der Waals surface area contributed by atoms with Crippen LogP contribution in [0.15, 0.2) is 42.5 Å². The lowest BCUT2D eigenvalue weighted by Crippen LogP contribution is -2.41. The van der Waals surface area contributed by atoms with Crippen molar-refractivity contribution in [3.05, 3.63) is 57.8 Å². The fourth-order valence-electron chi connectivity index (χ4n) is 3.29. The summed E-state index contributed by atoms with van der Waals surface area (Å²) < 4.78 is 24.2.